The molecular formula is C29H40O12. The van der Waals surface area contributed by atoms with Crippen molar-refractivity contribution in [1.82, 2.24) is 0 Å². The number of hydrogen-bond acceptors (Lipinski definition) is 12. The van der Waals surface area contributed by atoms with Gasteiger partial charge in [0.25, 0.3) is 0 Å². The fraction of sp³-hybridized carbons (Fsp3) is 0.483. The molecule has 0 spiro atoms. The van der Waals surface area contributed by atoms with Crippen LogP contribution in [0.1, 0.15) is 11.1 Å². The van der Waals surface area contributed by atoms with Crippen LogP contribution < -0.4 is 28.4 Å². The molecule has 0 saturated heterocycles. The first kappa shape index (κ1) is 33.7. The first-order valence-electron chi connectivity index (χ1n) is 12.6. The summed E-state index contributed by atoms with van der Waals surface area (Å²) in [4.78, 5) is 0. The predicted octanol–water partition coefficient (Wildman–Crippen LogP) is 0.402. The van der Waals surface area contributed by atoms with E-state index >= 15 is 0 Å². The molecule has 0 aliphatic carbocycles. The number of ether oxygens (including phenoxy) is 6. The number of aliphatic hydroxyl groups excluding tert-OH is 6. The summed E-state index contributed by atoms with van der Waals surface area (Å²) in [6.07, 6.45) is -7.72. The van der Waals surface area contributed by atoms with E-state index in [9.17, 15) is 25.5 Å². The van der Waals surface area contributed by atoms with Gasteiger partial charge in [-0.1, -0.05) is 0 Å². The maximum absolute atomic E-state index is 11.2. The highest BCUT2D eigenvalue weighted by molar-refractivity contribution is 5.53. The lowest BCUT2D eigenvalue weighted by Gasteiger charge is -2.29. The Morgan fingerprint density at radius 2 is 1.10 bits per heavy atom. The average Bonchev–Trinajstić information content (AvgIpc) is 3.01. The van der Waals surface area contributed by atoms with Crippen LogP contribution in [0.5, 0.6) is 34.5 Å². The zero-order valence-corrected chi connectivity index (χ0v) is 24.0. The van der Waals surface area contributed by atoms with Crippen molar-refractivity contribution in [3.8, 4) is 34.5 Å². The molecule has 6 N–H and O–H groups in total. The Hall–Kier alpha value is -3.48. The fourth-order valence-corrected chi connectivity index (χ4v) is 4.18. The highest BCUT2D eigenvalue weighted by atomic mass is 16.5. The molecule has 228 valence electrons. The third-order valence-electron chi connectivity index (χ3n) is 6.56. The van der Waals surface area contributed by atoms with Gasteiger partial charge in [0.2, 0.25) is 0 Å². The summed E-state index contributed by atoms with van der Waals surface area (Å²) in [7, 11) is 8.89. The number of aliphatic hydroxyl groups is 6. The van der Waals surface area contributed by atoms with Gasteiger partial charge in [0.15, 0.2) is 0 Å². The molecule has 2 rings (SSSR count). The summed E-state index contributed by atoms with van der Waals surface area (Å²) in [6.45, 7) is -0.866. The Morgan fingerprint density at radius 1 is 0.659 bits per heavy atom. The molecule has 0 radical (unpaired) electrons. The third kappa shape index (κ3) is 8.27. The molecular weight excluding hydrogens is 540 g/mol. The van der Waals surface area contributed by atoms with Crippen LogP contribution in [0.4, 0.5) is 0 Å². The molecule has 41 heavy (non-hydrogen) atoms. The third-order valence-corrected chi connectivity index (χ3v) is 6.56. The van der Waals surface area contributed by atoms with E-state index in [2.05, 4.69) is 5.73 Å². The van der Waals surface area contributed by atoms with Crippen LogP contribution in [0.3, 0.4) is 0 Å². The summed E-state index contributed by atoms with van der Waals surface area (Å²) in [5.41, 5.74) is 4.19. The first-order valence-corrected chi connectivity index (χ1v) is 12.6. The van der Waals surface area contributed by atoms with Crippen LogP contribution in [-0.2, 0) is 12.8 Å². The first-order chi connectivity index (χ1) is 19.6. The molecule has 0 amide bonds. The number of rotatable bonds is 16. The highest BCUT2D eigenvalue weighted by Gasteiger charge is 2.36. The molecule has 12 nitrogen and oxygen atoms in total. The van der Waals surface area contributed by atoms with Gasteiger partial charge in [0.1, 0.15) is 65.0 Å². The summed E-state index contributed by atoms with van der Waals surface area (Å²) in [5.74, 6) is 2.67. The lowest BCUT2D eigenvalue weighted by Crippen LogP contribution is -2.50. The van der Waals surface area contributed by atoms with Gasteiger partial charge in [-0.05, 0) is 6.08 Å². The fourth-order valence-electron chi connectivity index (χ4n) is 4.18. The standard InChI is InChI=1S/C29H40O12/c1-36-17-11-22(38-3)19(23(12-17)39-4)9-7-8-16(26(32)28(34)29(35)27(33)21(31)15-30)10-20-24(40-5)13-18(37-2)14-25(20)41-6/h7,11-14,21,26-35H,9-10,15H2,1-6H3/t8?,21-,26?,27+,28+,29-/m0/s1. The summed E-state index contributed by atoms with van der Waals surface area (Å²) in [5, 5.41) is 61.3. The largest absolute Gasteiger partial charge is 0.496 e. The van der Waals surface area contributed by atoms with Crippen LogP contribution in [0, 0.1) is 0 Å². The molecule has 2 aromatic carbocycles. The Labute approximate surface area is 239 Å². The minimum absolute atomic E-state index is 0.0761. The molecule has 1 unspecified atom stereocenters. The van der Waals surface area contributed by atoms with E-state index in [0.717, 1.165) is 0 Å². The van der Waals surface area contributed by atoms with Crippen LogP contribution >= 0.6 is 0 Å². The van der Waals surface area contributed by atoms with Crippen molar-refractivity contribution in [2.75, 3.05) is 49.3 Å². The Kier molecular flexibility index (Phi) is 13.2. The quantitative estimate of drug-likeness (QED) is 0.151. The Bertz CT molecular complexity index is 1140. The summed E-state index contributed by atoms with van der Waals surface area (Å²) >= 11 is 0. The van der Waals surface area contributed by atoms with Gasteiger partial charge >= 0.3 is 0 Å². The van der Waals surface area contributed by atoms with Crippen molar-refractivity contribution >= 4 is 0 Å². The van der Waals surface area contributed by atoms with Crippen molar-refractivity contribution in [2.24, 2.45) is 0 Å². The molecule has 0 fully saturated rings. The second kappa shape index (κ2) is 16.1. The second-order valence-corrected chi connectivity index (χ2v) is 8.94. The average molecular weight is 581 g/mol. The van der Waals surface area contributed by atoms with Crippen LogP contribution in [0.15, 0.2) is 41.6 Å². The number of hydrogen-bond donors (Lipinski definition) is 6. The van der Waals surface area contributed by atoms with Gasteiger partial charge in [-0.15, -0.1) is 5.73 Å². The SMILES string of the molecule is COc1cc(OC)c(CC=C=C(Cc2c(OC)cc(OC)cc2OC)C(O)[C@@H](O)[C@@H](O)[C@H](O)[C@@H](O)CO)c(OC)c1. The number of benzene rings is 2. The Morgan fingerprint density at radius 3 is 1.49 bits per heavy atom. The zero-order valence-electron chi connectivity index (χ0n) is 24.0. The maximum Gasteiger partial charge on any atom is 0.129 e. The van der Waals surface area contributed by atoms with Gasteiger partial charge in [0, 0.05) is 53.8 Å². The molecule has 2 aromatic rings. The second-order valence-electron chi connectivity index (χ2n) is 8.94. The topological polar surface area (TPSA) is 177 Å². The van der Waals surface area contributed by atoms with Gasteiger partial charge in [-0.3, -0.25) is 0 Å². The van der Waals surface area contributed by atoms with Crippen LogP contribution in [-0.4, -0.2) is 110 Å². The van der Waals surface area contributed by atoms with E-state index in [0.29, 0.717) is 45.6 Å². The van der Waals surface area contributed by atoms with E-state index in [1.54, 1.807) is 30.3 Å². The van der Waals surface area contributed by atoms with E-state index in [-0.39, 0.29) is 18.4 Å². The van der Waals surface area contributed by atoms with Crippen LogP contribution in [0.2, 0.25) is 0 Å². The Balaban J connectivity index is 2.63. The van der Waals surface area contributed by atoms with Crippen LogP contribution in [0.25, 0.3) is 0 Å². The lowest BCUT2D eigenvalue weighted by molar-refractivity contribution is -0.134. The molecule has 12 heteroatoms. The minimum atomic E-state index is -2.01. The molecule has 0 bridgehead atoms. The van der Waals surface area contributed by atoms with E-state index in [1.807, 2.05) is 0 Å². The van der Waals surface area contributed by atoms with Gasteiger partial charge in [-0.25, -0.2) is 0 Å². The van der Waals surface area contributed by atoms with E-state index < -0.39 is 37.1 Å². The van der Waals surface area contributed by atoms with Gasteiger partial charge in [0.05, 0.1) is 49.3 Å². The van der Waals surface area contributed by atoms with Crippen molar-refractivity contribution in [3.63, 3.8) is 0 Å². The molecule has 0 aliphatic heterocycles. The maximum atomic E-state index is 11.2. The lowest BCUT2D eigenvalue weighted by atomic mass is 9.91. The molecule has 0 saturated carbocycles. The van der Waals surface area contributed by atoms with Gasteiger partial charge < -0.3 is 59.1 Å². The van der Waals surface area contributed by atoms with E-state index in [4.69, 9.17) is 33.5 Å². The molecule has 0 heterocycles. The highest BCUT2D eigenvalue weighted by Crippen LogP contribution is 2.37. The normalized spacial score (nSPS) is 14.5. The van der Waals surface area contributed by atoms with Crippen molar-refractivity contribution in [1.29, 1.82) is 0 Å². The molecule has 5 atom stereocenters. The summed E-state index contributed by atoms with van der Waals surface area (Å²) < 4.78 is 32.6. The van der Waals surface area contributed by atoms with Gasteiger partial charge in [-0.2, -0.15) is 0 Å². The molecule has 0 aliphatic rings. The smallest absolute Gasteiger partial charge is 0.129 e. The monoisotopic (exact) mass is 580 g/mol. The number of methoxy groups -OCH3 is 6. The minimum Gasteiger partial charge on any atom is -0.496 e. The zero-order chi connectivity index (χ0) is 30.7. The van der Waals surface area contributed by atoms with Crippen molar-refractivity contribution in [2.45, 2.75) is 43.4 Å². The van der Waals surface area contributed by atoms with E-state index in [1.165, 1.54) is 42.7 Å². The predicted molar refractivity (Wildman–Crippen MR) is 148 cm³/mol. The molecule has 0 aromatic heterocycles. The summed E-state index contributed by atoms with van der Waals surface area (Å²) in [6, 6.07) is 6.61. The van der Waals surface area contributed by atoms with Crippen molar-refractivity contribution < 1.29 is 59.1 Å². The van der Waals surface area contributed by atoms with Crippen molar-refractivity contribution in [3.05, 3.63) is 52.8 Å².